The van der Waals surface area contributed by atoms with Gasteiger partial charge in [-0.15, -0.1) is 0 Å². The lowest BCUT2D eigenvalue weighted by atomic mass is 9.98. The summed E-state index contributed by atoms with van der Waals surface area (Å²) in [5.41, 5.74) is 2.09. The smallest absolute Gasteiger partial charge is 0.307 e. The lowest BCUT2D eigenvalue weighted by molar-refractivity contribution is -0.136. The molecule has 2 rings (SSSR count). The van der Waals surface area contributed by atoms with Crippen LogP contribution in [0.15, 0.2) is 53.4 Å². The van der Waals surface area contributed by atoms with Crippen molar-refractivity contribution in [3.63, 3.8) is 0 Å². The highest BCUT2D eigenvalue weighted by Crippen LogP contribution is 2.26. The molecule has 0 spiro atoms. The fourth-order valence-corrected chi connectivity index (χ4v) is 2.68. The molecule has 0 heterocycles. The minimum atomic E-state index is -3.35. The van der Waals surface area contributed by atoms with Crippen LogP contribution >= 0.6 is 0 Å². The Kier molecular flexibility index (Phi) is 3.90. The average molecular weight is 290 g/mol. The van der Waals surface area contributed by atoms with Gasteiger partial charge in [0.2, 0.25) is 0 Å². The Hall–Kier alpha value is -2.14. The maximum absolute atomic E-state index is 11.6. The Bertz CT molecular complexity index is 734. The van der Waals surface area contributed by atoms with Crippen molar-refractivity contribution in [2.75, 3.05) is 6.26 Å². The fraction of sp³-hybridized carbons (Fsp3) is 0.133. The molecule has 0 radical (unpaired) electrons. The summed E-state index contributed by atoms with van der Waals surface area (Å²) in [6, 6.07) is 13.9. The monoisotopic (exact) mass is 290 g/mol. The third-order valence-electron chi connectivity index (χ3n) is 2.93. The molecule has 0 unspecified atom stereocenters. The first-order chi connectivity index (χ1) is 9.38. The van der Waals surface area contributed by atoms with Gasteiger partial charge < -0.3 is 5.11 Å². The second-order valence-electron chi connectivity index (χ2n) is 4.53. The number of rotatable bonds is 4. The van der Waals surface area contributed by atoms with Gasteiger partial charge in [-0.25, -0.2) is 8.42 Å². The first-order valence-corrected chi connectivity index (χ1v) is 7.87. The molecule has 5 heteroatoms. The van der Waals surface area contributed by atoms with Crippen LogP contribution < -0.4 is 0 Å². The normalized spacial score (nSPS) is 11.2. The average Bonchev–Trinajstić information content (AvgIpc) is 2.38. The number of hydrogen-bond acceptors (Lipinski definition) is 3. The molecule has 0 saturated carbocycles. The maximum atomic E-state index is 11.6. The van der Waals surface area contributed by atoms with Crippen molar-refractivity contribution in [1.82, 2.24) is 0 Å². The summed E-state index contributed by atoms with van der Waals surface area (Å²) in [5, 5.41) is 8.98. The van der Waals surface area contributed by atoms with Crippen LogP contribution in [0.1, 0.15) is 5.56 Å². The van der Waals surface area contributed by atoms with Crippen LogP contribution in [-0.2, 0) is 21.1 Å². The standard InChI is InChI=1S/C15H14O4S/c1-20(18,19)13-7-8-14(11-5-3-2-4-6-11)12(9-13)10-15(16)17/h2-9H,10H2,1H3,(H,16,17). The van der Waals surface area contributed by atoms with E-state index in [1.807, 2.05) is 30.3 Å². The summed E-state index contributed by atoms with van der Waals surface area (Å²) in [5.74, 6) is -0.993. The van der Waals surface area contributed by atoms with Crippen LogP contribution in [0.25, 0.3) is 11.1 Å². The Balaban J connectivity index is 2.60. The van der Waals surface area contributed by atoms with Crippen molar-refractivity contribution in [3.8, 4) is 11.1 Å². The van der Waals surface area contributed by atoms with E-state index in [0.717, 1.165) is 17.4 Å². The zero-order valence-electron chi connectivity index (χ0n) is 10.9. The third kappa shape index (κ3) is 3.24. The van der Waals surface area contributed by atoms with Gasteiger partial charge in [0.05, 0.1) is 11.3 Å². The van der Waals surface area contributed by atoms with Crippen molar-refractivity contribution in [2.45, 2.75) is 11.3 Å². The van der Waals surface area contributed by atoms with E-state index < -0.39 is 15.8 Å². The summed E-state index contributed by atoms with van der Waals surface area (Å²) < 4.78 is 23.1. The summed E-state index contributed by atoms with van der Waals surface area (Å²) in [6.45, 7) is 0. The second kappa shape index (κ2) is 5.46. The molecule has 2 aromatic carbocycles. The molecular formula is C15H14O4S. The van der Waals surface area contributed by atoms with E-state index in [1.54, 1.807) is 6.07 Å². The van der Waals surface area contributed by atoms with Crippen molar-refractivity contribution in [3.05, 3.63) is 54.1 Å². The number of carbonyl (C=O) groups is 1. The quantitative estimate of drug-likeness (QED) is 0.938. The van der Waals surface area contributed by atoms with Crippen molar-refractivity contribution in [2.24, 2.45) is 0 Å². The highest BCUT2D eigenvalue weighted by molar-refractivity contribution is 7.90. The van der Waals surface area contributed by atoms with Gasteiger partial charge in [0, 0.05) is 6.26 Å². The van der Waals surface area contributed by atoms with Crippen LogP contribution in [0.3, 0.4) is 0 Å². The van der Waals surface area contributed by atoms with Crippen LogP contribution in [0.4, 0.5) is 0 Å². The van der Waals surface area contributed by atoms with Crippen molar-refractivity contribution < 1.29 is 18.3 Å². The van der Waals surface area contributed by atoms with Gasteiger partial charge >= 0.3 is 5.97 Å². The molecule has 4 nitrogen and oxygen atoms in total. The molecule has 0 aliphatic carbocycles. The highest BCUT2D eigenvalue weighted by atomic mass is 32.2. The van der Waals surface area contributed by atoms with E-state index in [1.165, 1.54) is 12.1 Å². The molecular weight excluding hydrogens is 276 g/mol. The summed E-state index contributed by atoms with van der Waals surface area (Å²) in [4.78, 5) is 11.1. The molecule has 0 aromatic heterocycles. The van der Waals surface area contributed by atoms with Crippen LogP contribution in [0, 0.1) is 0 Å². The second-order valence-corrected chi connectivity index (χ2v) is 6.54. The molecule has 0 bridgehead atoms. The van der Waals surface area contributed by atoms with Gasteiger partial charge in [0.1, 0.15) is 0 Å². The van der Waals surface area contributed by atoms with Crippen LogP contribution in [0.2, 0.25) is 0 Å². The Morgan fingerprint density at radius 3 is 2.30 bits per heavy atom. The predicted molar refractivity (Wildman–Crippen MR) is 76.3 cm³/mol. The first kappa shape index (κ1) is 14.3. The molecule has 104 valence electrons. The van der Waals surface area contributed by atoms with E-state index in [2.05, 4.69) is 0 Å². The molecule has 20 heavy (non-hydrogen) atoms. The maximum Gasteiger partial charge on any atom is 0.307 e. The van der Waals surface area contributed by atoms with Crippen molar-refractivity contribution >= 4 is 15.8 Å². The third-order valence-corrected chi connectivity index (χ3v) is 4.04. The molecule has 0 saturated heterocycles. The molecule has 2 aromatic rings. The Morgan fingerprint density at radius 2 is 1.75 bits per heavy atom. The molecule has 0 aliphatic heterocycles. The van der Waals surface area contributed by atoms with Gasteiger partial charge in [-0.2, -0.15) is 0 Å². The SMILES string of the molecule is CS(=O)(=O)c1ccc(-c2ccccc2)c(CC(=O)O)c1. The minimum Gasteiger partial charge on any atom is -0.481 e. The minimum absolute atomic E-state index is 0.133. The van der Waals surface area contributed by atoms with Crippen LogP contribution in [-0.4, -0.2) is 25.7 Å². The number of carboxylic acid groups (broad SMARTS) is 1. The van der Waals surface area contributed by atoms with Gasteiger partial charge in [0.15, 0.2) is 9.84 Å². The van der Waals surface area contributed by atoms with Gasteiger partial charge in [-0.05, 0) is 28.8 Å². The summed E-state index contributed by atoms with van der Waals surface area (Å²) in [6.07, 6.45) is 0.892. The summed E-state index contributed by atoms with van der Waals surface area (Å²) in [7, 11) is -3.35. The topological polar surface area (TPSA) is 71.4 Å². The van der Waals surface area contributed by atoms with Gasteiger partial charge in [0.25, 0.3) is 0 Å². The summed E-state index contributed by atoms with van der Waals surface area (Å²) >= 11 is 0. The zero-order chi connectivity index (χ0) is 14.8. The molecule has 0 atom stereocenters. The zero-order valence-corrected chi connectivity index (χ0v) is 11.7. The Morgan fingerprint density at radius 1 is 1.10 bits per heavy atom. The molecule has 0 amide bonds. The largest absolute Gasteiger partial charge is 0.481 e. The number of sulfone groups is 1. The number of hydrogen-bond donors (Lipinski definition) is 1. The predicted octanol–water partition coefficient (Wildman–Crippen LogP) is 2.38. The van der Waals surface area contributed by atoms with Gasteiger partial charge in [-0.3, -0.25) is 4.79 Å². The fourth-order valence-electron chi connectivity index (χ4n) is 2.01. The Labute approximate surface area is 117 Å². The number of carboxylic acids is 1. The molecule has 0 aliphatic rings. The lowest BCUT2D eigenvalue weighted by Gasteiger charge is -2.10. The lowest BCUT2D eigenvalue weighted by Crippen LogP contribution is -2.05. The number of aliphatic carboxylic acids is 1. The first-order valence-electron chi connectivity index (χ1n) is 5.98. The van der Waals surface area contributed by atoms with E-state index in [0.29, 0.717) is 5.56 Å². The van der Waals surface area contributed by atoms with Crippen LogP contribution in [0.5, 0.6) is 0 Å². The van der Waals surface area contributed by atoms with E-state index in [-0.39, 0.29) is 11.3 Å². The van der Waals surface area contributed by atoms with Gasteiger partial charge in [-0.1, -0.05) is 36.4 Å². The number of benzene rings is 2. The highest BCUT2D eigenvalue weighted by Gasteiger charge is 2.14. The molecule has 0 fully saturated rings. The molecule has 1 N–H and O–H groups in total. The van der Waals surface area contributed by atoms with E-state index in [9.17, 15) is 13.2 Å². The van der Waals surface area contributed by atoms with Crippen molar-refractivity contribution in [1.29, 1.82) is 0 Å². The van der Waals surface area contributed by atoms with E-state index >= 15 is 0 Å². The van der Waals surface area contributed by atoms with E-state index in [4.69, 9.17) is 5.11 Å².